The topological polar surface area (TPSA) is 45.8 Å². The minimum Gasteiger partial charge on any atom is -0.306 e. The molecule has 0 atom stereocenters. The second kappa shape index (κ2) is 4.61. The average molecular weight is 299 g/mol. The van der Waals surface area contributed by atoms with Crippen LogP contribution in [0.5, 0.6) is 0 Å². The number of H-pyrrole nitrogens is 1. The summed E-state index contributed by atoms with van der Waals surface area (Å²) in [4.78, 5) is 19.2. The summed E-state index contributed by atoms with van der Waals surface area (Å²) in [7, 11) is 0. The molecule has 0 bridgehead atoms. The van der Waals surface area contributed by atoms with Crippen molar-refractivity contribution in [2.24, 2.45) is 0 Å². The molecule has 0 amide bonds. The summed E-state index contributed by atoms with van der Waals surface area (Å²) in [5.41, 5.74) is 2.35. The highest BCUT2D eigenvalue weighted by Gasteiger charge is 2.18. The van der Waals surface area contributed by atoms with E-state index in [2.05, 4.69) is 9.97 Å². The third kappa shape index (κ3) is 2.05. The van der Waals surface area contributed by atoms with Crippen molar-refractivity contribution in [1.82, 2.24) is 9.97 Å². The SMILES string of the molecule is O=c1[nH]c(-c2ccc(Cl)c(Cl)c2)nc2c1CSC2. The van der Waals surface area contributed by atoms with E-state index >= 15 is 0 Å². The van der Waals surface area contributed by atoms with Crippen molar-refractivity contribution in [1.29, 1.82) is 0 Å². The van der Waals surface area contributed by atoms with Gasteiger partial charge in [0.25, 0.3) is 5.56 Å². The van der Waals surface area contributed by atoms with Gasteiger partial charge in [0.1, 0.15) is 5.82 Å². The molecule has 1 aromatic carbocycles. The van der Waals surface area contributed by atoms with Crippen molar-refractivity contribution in [3.8, 4) is 11.4 Å². The Morgan fingerprint density at radius 2 is 2.06 bits per heavy atom. The average Bonchev–Trinajstić information content (AvgIpc) is 2.81. The molecule has 2 aromatic rings. The molecular formula is C12H8Cl2N2OS. The second-order valence-electron chi connectivity index (χ2n) is 3.96. The number of aromatic nitrogens is 2. The predicted octanol–water partition coefficient (Wildman–Crippen LogP) is 3.49. The first-order valence-corrected chi connectivity index (χ1v) is 7.21. The lowest BCUT2D eigenvalue weighted by atomic mass is 10.2. The summed E-state index contributed by atoms with van der Waals surface area (Å²) in [5.74, 6) is 2.06. The van der Waals surface area contributed by atoms with Gasteiger partial charge in [-0.15, -0.1) is 0 Å². The van der Waals surface area contributed by atoms with Gasteiger partial charge in [0.2, 0.25) is 0 Å². The largest absolute Gasteiger partial charge is 0.306 e. The van der Waals surface area contributed by atoms with Gasteiger partial charge in [0.05, 0.1) is 15.7 Å². The minimum atomic E-state index is -0.0638. The number of hydrogen-bond acceptors (Lipinski definition) is 3. The molecule has 0 fully saturated rings. The van der Waals surface area contributed by atoms with Gasteiger partial charge in [-0.3, -0.25) is 4.79 Å². The van der Waals surface area contributed by atoms with Crippen LogP contribution in [0.1, 0.15) is 11.3 Å². The molecule has 3 rings (SSSR count). The first kappa shape index (κ1) is 12.1. The standard InChI is InChI=1S/C12H8Cl2N2OS/c13-8-2-1-6(3-9(8)14)11-15-10-5-18-4-7(10)12(17)16-11/h1-3H,4-5H2,(H,15,16,17). The molecule has 0 spiro atoms. The van der Waals surface area contributed by atoms with Crippen LogP contribution in [0, 0.1) is 0 Å². The number of hydrogen-bond donors (Lipinski definition) is 1. The normalized spacial score (nSPS) is 13.7. The molecular weight excluding hydrogens is 291 g/mol. The first-order chi connectivity index (χ1) is 8.65. The van der Waals surface area contributed by atoms with Crippen molar-refractivity contribution in [2.45, 2.75) is 11.5 Å². The molecule has 1 aliphatic rings. The Bertz CT molecular complexity index is 684. The van der Waals surface area contributed by atoms with E-state index in [0.717, 1.165) is 28.3 Å². The van der Waals surface area contributed by atoms with Gasteiger partial charge in [-0.2, -0.15) is 11.8 Å². The summed E-state index contributed by atoms with van der Waals surface area (Å²) in [6, 6.07) is 5.19. The van der Waals surface area contributed by atoms with Crippen LogP contribution >= 0.6 is 35.0 Å². The number of fused-ring (bicyclic) bond motifs is 1. The Labute approximate surface area is 118 Å². The third-order valence-corrected chi connectivity index (χ3v) is 4.49. The van der Waals surface area contributed by atoms with Gasteiger partial charge >= 0.3 is 0 Å². The lowest BCUT2D eigenvalue weighted by molar-refractivity contribution is 1.03. The van der Waals surface area contributed by atoms with Crippen LogP contribution in [0.15, 0.2) is 23.0 Å². The highest BCUT2D eigenvalue weighted by Crippen LogP contribution is 2.29. The smallest absolute Gasteiger partial charge is 0.255 e. The second-order valence-corrected chi connectivity index (χ2v) is 5.76. The van der Waals surface area contributed by atoms with E-state index in [4.69, 9.17) is 23.2 Å². The maximum atomic E-state index is 11.9. The zero-order chi connectivity index (χ0) is 12.7. The van der Waals surface area contributed by atoms with Crippen LogP contribution in [0.3, 0.4) is 0 Å². The molecule has 3 nitrogen and oxygen atoms in total. The van der Waals surface area contributed by atoms with Crippen molar-refractivity contribution in [3.63, 3.8) is 0 Å². The van der Waals surface area contributed by atoms with E-state index in [-0.39, 0.29) is 5.56 Å². The van der Waals surface area contributed by atoms with Crippen molar-refractivity contribution in [2.75, 3.05) is 0 Å². The van der Waals surface area contributed by atoms with E-state index < -0.39 is 0 Å². The van der Waals surface area contributed by atoms with E-state index in [0.29, 0.717) is 15.9 Å². The molecule has 0 saturated heterocycles. The Hall–Kier alpha value is -0.970. The molecule has 92 valence electrons. The number of aromatic amines is 1. The molecule has 0 unspecified atom stereocenters. The Morgan fingerprint density at radius 1 is 1.22 bits per heavy atom. The highest BCUT2D eigenvalue weighted by atomic mass is 35.5. The van der Waals surface area contributed by atoms with E-state index in [1.807, 2.05) is 0 Å². The minimum absolute atomic E-state index is 0.0638. The van der Waals surface area contributed by atoms with Crippen LogP contribution in [0.2, 0.25) is 10.0 Å². The predicted molar refractivity (Wildman–Crippen MR) is 75.3 cm³/mol. The molecule has 0 radical (unpaired) electrons. The zero-order valence-corrected chi connectivity index (χ0v) is 11.5. The van der Waals surface area contributed by atoms with Crippen LogP contribution in [-0.4, -0.2) is 9.97 Å². The molecule has 2 heterocycles. The molecule has 0 saturated carbocycles. The lowest BCUT2D eigenvalue weighted by Crippen LogP contribution is -2.15. The molecule has 0 aliphatic carbocycles. The van der Waals surface area contributed by atoms with Crippen LogP contribution < -0.4 is 5.56 Å². The van der Waals surface area contributed by atoms with Gasteiger partial charge in [-0.25, -0.2) is 4.98 Å². The molecule has 6 heteroatoms. The number of thioether (sulfide) groups is 1. The monoisotopic (exact) mass is 298 g/mol. The quantitative estimate of drug-likeness (QED) is 0.876. The van der Waals surface area contributed by atoms with Gasteiger partial charge in [0, 0.05) is 22.6 Å². The zero-order valence-electron chi connectivity index (χ0n) is 9.17. The summed E-state index contributed by atoms with van der Waals surface area (Å²) in [6.45, 7) is 0. The number of nitrogens with zero attached hydrogens (tertiary/aromatic N) is 1. The van der Waals surface area contributed by atoms with Crippen molar-refractivity contribution in [3.05, 3.63) is 49.9 Å². The van der Waals surface area contributed by atoms with Crippen LogP contribution in [0.4, 0.5) is 0 Å². The van der Waals surface area contributed by atoms with E-state index in [1.165, 1.54) is 0 Å². The van der Waals surface area contributed by atoms with Crippen molar-refractivity contribution < 1.29 is 0 Å². The summed E-state index contributed by atoms with van der Waals surface area (Å²) < 4.78 is 0. The number of halogens is 2. The Balaban J connectivity index is 2.15. The van der Waals surface area contributed by atoms with Gasteiger partial charge in [0.15, 0.2) is 0 Å². The van der Waals surface area contributed by atoms with Gasteiger partial charge in [-0.1, -0.05) is 23.2 Å². The molecule has 1 N–H and O–H groups in total. The van der Waals surface area contributed by atoms with Crippen LogP contribution in [0.25, 0.3) is 11.4 Å². The fraction of sp³-hybridized carbons (Fsp3) is 0.167. The summed E-state index contributed by atoms with van der Waals surface area (Å²) in [5, 5.41) is 0.936. The molecule has 18 heavy (non-hydrogen) atoms. The highest BCUT2D eigenvalue weighted by molar-refractivity contribution is 7.98. The third-order valence-electron chi connectivity index (χ3n) is 2.78. The lowest BCUT2D eigenvalue weighted by Gasteiger charge is -2.04. The number of rotatable bonds is 1. The van der Waals surface area contributed by atoms with E-state index in [9.17, 15) is 4.79 Å². The molecule has 1 aromatic heterocycles. The fourth-order valence-corrected chi connectivity index (χ4v) is 3.18. The van der Waals surface area contributed by atoms with Crippen molar-refractivity contribution >= 4 is 35.0 Å². The fourth-order valence-electron chi connectivity index (χ4n) is 1.84. The maximum absolute atomic E-state index is 11.9. The Morgan fingerprint density at radius 3 is 2.83 bits per heavy atom. The summed E-state index contributed by atoms with van der Waals surface area (Å²) >= 11 is 13.5. The maximum Gasteiger partial charge on any atom is 0.255 e. The summed E-state index contributed by atoms with van der Waals surface area (Å²) in [6.07, 6.45) is 0. The first-order valence-electron chi connectivity index (χ1n) is 5.30. The number of benzene rings is 1. The van der Waals surface area contributed by atoms with E-state index in [1.54, 1.807) is 30.0 Å². The van der Waals surface area contributed by atoms with Gasteiger partial charge < -0.3 is 4.98 Å². The van der Waals surface area contributed by atoms with Crippen LogP contribution in [-0.2, 0) is 11.5 Å². The molecule has 1 aliphatic heterocycles. The Kier molecular flexibility index (Phi) is 3.09. The number of nitrogens with one attached hydrogen (secondary N) is 1. The van der Waals surface area contributed by atoms with Gasteiger partial charge in [-0.05, 0) is 18.2 Å².